The summed E-state index contributed by atoms with van der Waals surface area (Å²) >= 11 is 0. The van der Waals surface area contributed by atoms with Crippen molar-refractivity contribution in [3.8, 4) is 17.3 Å². The lowest BCUT2D eigenvalue weighted by atomic mass is 9.95. The summed E-state index contributed by atoms with van der Waals surface area (Å²) in [5, 5.41) is 4.36. The molecule has 1 N–H and O–H groups in total. The van der Waals surface area contributed by atoms with Crippen molar-refractivity contribution in [2.45, 2.75) is 74.9 Å². The van der Waals surface area contributed by atoms with Crippen LogP contribution in [0.15, 0.2) is 30.5 Å². The lowest BCUT2D eigenvalue weighted by molar-refractivity contribution is 0.108. The Balaban J connectivity index is 0.00000145. The van der Waals surface area contributed by atoms with Gasteiger partial charge in [0.2, 0.25) is 0 Å². The van der Waals surface area contributed by atoms with Gasteiger partial charge in [-0.3, -0.25) is 14.6 Å². The van der Waals surface area contributed by atoms with Crippen molar-refractivity contribution in [3.05, 3.63) is 41.8 Å². The van der Waals surface area contributed by atoms with Gasteiger partial charge in [0.15, 0.2) is 5.82 Å². The maximum absolute atomic E-state index is 16.4. The van der Waals surface area contributed by atoms with Gasteiger partial charge in [0.05, 0.1) is 10.9 Å². The van der Waals surface area contributed by atoms with Crippen LogP contribution in [0.5, 0.6) is 6.01 Å². The number of nitrogens with one attached hydrogen (secondary N) is 1. The van der Waals surface area contributed by atoms with E-state index in [2.05, 4.69) is 21.2 Å². The van der Waals surface area contributed by atoms with Crippen molar-refractivity contribution in [1.29, 1.82) is 0 Å². The zero-order chi connectivity index (χ0) is 25.3. The first kappa shape index (κ1) is 25.1. The topological polar surface area (TPSA) is 66.4 Å². The van der Waals surface area contributed by atoms with E-state index >= 15 is 4.39 Å². The molecule has 5 aliphatic rings. The van der Waals surface area contributed by atoms with Crippen molar-refractivity contribution in [1.82, 2.24) is 25.2 Å². The summed E-state index contributed by atoms with van der Waals surface area (Å²) in [5.74, 6) is 0.882. The predicted octanol–water partition coefficient (Wildman–Crippen LogP) is 5.05. The van der Waals surface area contributed by atoms with Crippen LogP contribution in [0.25, 0.3) is 22.2 Å². The van der Waals surface area contributed by atoms with Gasteiger partial charge in [-0.2, -0.15) is 9.97 Å². The van der Waals surface area contributed by atoms with Crippen LogP contribution in [0.2, 0.25) is 0 Å². The van der Waals surface area contributed by atoms with E-state index < -0.39 is 0 Å². The normalized spacial score (nSPS) is 25.6. The highest BCUT2D eigenvalue weighted by Gasteiger charge is 2.45. The van der Waals surface area contributed by atoms with Crippen molar-refractivity contribution in [2.24, 2.45) is 0 Å². The summed E-state index contributed by atoms with van der Waals surface area (Å²) in [6.45, 7) is 4.55. The molecule has 0 radical (unpaired) electrons. The van der Waals surface area contributed by atoms with Crippen LogP contribution < -0.4 is 15.0 Å². The Bertz CT molecular complexity index is 1380. The molecule has 0 amide bonds. The Morgan fingerprint density at radius 2 is 1.77 bits per heavy atom. The van der Waals surface area contributed by atoms with Gasteiger partial charge in [-0.25, -0.2) is 4.39 Å². The van der Waals surface area contributed by atoms with Gasteiger partial charge in [0.25, 0.3) is 0 Å². The number of ether oxygens (including phenoxy) is 1. The number of hydrogen-bond donors (Lipinski definition) is 1. The third-order valence-corrected chi connectivity index (χ3v) is 9.67. The minimum Gasteiger partial charge on any atom is -0.461 e. The summed E-state index contributed by atoms with van der Waals surface area (Å²) in [6.07, 6.45) is 11.1. The molecule has 2 unspecified atom stereocenters. The molecule has 8 rings (SSSR count). The SMILES string of the molecule is F.Fc1c(-c2ccccc2C2CC2)ncc2c(N3CC4CCC(C3)N4)nc(OCC34CCCN3CCC4)nc12.[HH]. The molecule has 9 heteroatoms. The lowest BCUT2D eigenvalue weighted by Gasteiger charge is -2.34. The average molecular weight is 537 g/mol. The van der Waals surface area contributed by atoms with Gasteiger partial charge < -0.3 is 15.0 Å². The molecule has 2 atom stereocenters. The number of fused-ring (bicyclic) bond motifs is 4. The second-order valence-electron chi connectivity index (χ2n) is 12.1. The van der Waals surface area contributed by atoms with E-state index in [1.165, 1.54) is 31.2 Å². The van der Waals surface area contributed by atoms with Crippen molar-refractivity contribution < 1.29 is 15.3 Å². The fourth-order valence-corrected chi connectivity index (χ4v) is 7.61. The van der Waals surface area contributed by atoms with Crippen LogP contribution in [-0.4, -0.2) is 70.3 Å². The monoisotopic (exact) mass is 536 g/mol. The Morgan fingerprint density at radius 1 is 1.03 bits per heavy atom. The number of halogens is 2. The van der Waals surface area contributed by atoms with E-state index in [0.29, 0.717) is 41.2 Å². The Kier molecular flexibility index (Phi) is 6.19. The Hall–Kier alpha value is -2.91. The average Bonchev–Trinajstić information content (AvgIpc) is 3.47. The van der Waals surface area contributed by atoms with E-state index in [0.717, 1.165) is 63.2 Å². The number of aromatic nitrogens is 3. The maximum atomic E-state index is 16.4. The minimum absolute atomic E-state index is 0. The van der Waals surface area contributed by atoms with E-state index in [-0.39, 0.29) is 23.5 Å². The number of nitrogens with zero attached hydrogens (tertiary/aromatic N) is 5. The molecule has 6 heterocycles. The van der Waals surface area contributed by atoms with Crippen molar-refractivity contribution in [3.63, 3.8) is 0 Å². The largest absolute Gasteiger partial charge is 0.461 e. The fourth-order valence-electron chi connectivity index (χ4n) is 7.61. The molecule has 1 saturated carbocycles. The third-order valence-electron chi connectivity index (χ3n) is 9.67. The number of anilines is 1. The Morgan fingerprint density at radius 3 is 2.51 bits per heavy atom. The zero-order valence-corrected chi connectivity index (χ0v) is 22.2. The number of piperazine rings is 1. The summed E-state index contributed by atoms with van der Waals surface area (Å²) in [6, 6.07) is 9.28. The molecule has 0 spiro atoms. The quantitative estimate of drug-likeness (QED) is 0.473. The first-order valence-corrected chi connectivity index (χ1v) is 14.5. The molecule has 7 nitrogen and oxygen atoms in total. The van der Waals surface area contributed by atoms with Gasteiger partial charge in [-0.05, 0) is 75.9 Å². The van der Waals surface area contributed by atoms with E-state index in [4.69, 9.17) is 19.7 Å². The first-order valence-electron chi connectivity index (χ1n) is 14.5. The van der Waals surface area contributed by atoms with Crippen LogP contribution in [0.3, 0.4) is 0 Å². The second-order valence-corrected chi connectivity index (χ2v) is 12.1. The smallest absolute Gasteiger partial charge is 0.319 e. The lowest BCUT2D eigenvalue weighted by Crippen LogP contribution is -2.51. The molecule has 2 bridgehead atoms. The Labute approximate surface area is 229 Å². The van der Waals surface area contributed by atoms with E-state index in [9.17, 15) is 0 Å². The maximum Gasteiger partial charge on any atom is 0.319 e. The second kappa shape index (κ2) is 9.63. The number of hydrogen-bond acceptors (Lipinski definition) is 7. The summed E-state index contributed by atoms with van der Waals surface area (Å²) in [5.41, 5.74) is 2.84. The highest BCUT2D eigenvalue weighted by Crippen LogP contribution is 2.45. The fraction of sp³-hybridized carbons (Fsp3) is 0.567. The molecule has 208 valence electrons. The third kappa shape index (κ3) is 4.25. The number of pyridine rings is 1. The molecule has 4 saturated heterocycles. The molecular formula is C30H38F2N6O. The van der Waals surface area contributed by atoms with E-state index in [1.807, 2.05) is 18.2 Å². The van der Waals surface area contributed by atoms with Gasteiger partial charge >= 0.3 is 6.01 Å². The van der Waals surface area contributed by atoms with Crippen LogP contribution in [-0.2, 0) is 0 Å². The predicted molar refractivity (Wildman–Crippen MR) is 150 cm³/mol. The molecular weight excluding hydrogens is 498 g/mol. The summed E-state index contributed by atoms with van der Waals surface area (Å²) < 4.78 is 22.8. The summed E-state index contributed by atoms with van der Waals surface area (Å²) in [4.78, 5) is 19.2. The molecule has 1 aromatic carbocycles. The van der Waals surface area contributed by atoms with Crippen LogP contribution in [0.4, 0.5) is 14.9 Å². The molecule has 3 aromatic rings. The van der Waals surface area contributed by atoms with Crippen molar-refractivity contribution >= 4 is 16.7 Å². The van der Waals surface area contributed by atoms with Gasteiger partial charge in [-0.15, -0.1) is 0 Å². The van der Waals surface area contributed by atoms with Crippen LogP contribution in [0, 0.1) is 5.82 Å². The number of benzene rings is 1. The molecule has 39 heavy (non-hydrogen) atoms. The first-order chi connectivity index (χ1) is 18.7. The zero-order valence-electron chi connectivity index (χ0n) is 22.2. The van der Waals surface area contributed by atoms with Gasteiger partial charge in [0.1, 0.15) is 23.6 Å². The molecule has 4 aliphatic heterocycles. The molecule has 1 aliphatic carbocycles. The minimum atomic E-state index is -0.372. The van der Waals surface area contributed by atoms with Crippen LogP contribution in [0.1, 0.15) is 64.3 Å². The number of rotatable bonds is 6. The molecule has 2 aromatic heterocycles. The van der Waals surface area contributed by atoms with Crippen molar-refractivity contribution in [2.75, 3.05) is 37.7 Å². The van der Waals surface area contributed by atoms with E-state index in [1.54, 1.807) is 6.20 Å². The van der Waals surface area contributed by atoms with Gasteiger partial charge in [0, 0.05) is 38.4 Å². The standard InChI is InChI=1S/C30H35FN6O.FH.H2/c31-25-26(23-6-2-1-5-22(23)19-7-8-19)32-15-24-27(25)34-29(38-18-30-11-3-13-37(30)14-4-12-30)35-28(24)36-16-20-9-10-21(17-36)33-20;;/h1-2,5-6,15,19-21,33H,3-4,7-14,16-18H2;2*1H. The highest BCUT2D eigenvalue weighted by atomic mass is 19.1. The summed E-state index contributed by atoms with van der Waals surface area (Å²) in [7, 11) is 0. The molecule has 5 fully saturated rings. The van der Waals surface area contributed by atoms with Gasteiger partial charge in [-0.1, -0.05) is 24.3 Å². The highest BCUT2D eigenvalue weighted by molar-refractivity contribution is 5.92. The van der Waals surface area contributed by atoms with Crippen LogP contribution >= 0.6 is 0 Å².